The molecule has 5 nitrogen and oxygen atoms in total. The molecule has 2 N–H and O–H groups in total. The molecule has 2 heterocycles. The van der Waals surface area contributed by atoms with Crippen molar-refractivity contribution in [1.82, 2.24) is 19.5 Å². The minimum absolute atomic E-state index is 0.397. The molecular formula is C13H13N5. The van der Waals surface area contributed by atoms with Gasteiger partial charge in [-0.2, -0.15) is 0 Å². The van der Waals surface area contributed by atoms with E-state index in [1.807, 2.05) is 23.7 Å². The van der Waals surface area contributed by atoms with E-state index in [1.165, 1.54) is 5.56 Å². The minimum atomic E-state index is 0.397. The van der Waals surface area contributed by atoms with Crippen LogP contribution < -0.4 is 5.73 Å². The second-order valence-corrected chi connectivity index (χ2v) is 4.23. The van der Waals surface area contributed by atoms with Crippen molar-refractivity contribution in [1.29, 1.82) is 0 Å². The van der Waals surface area contributed by atoms with E-state index in [2.05, 4.69) is 27.9 Å². The Kier molecular flexibility index (Phi) is 2.26. The van der Waals surface area contributed by atoms with Crippen LogP contribution in [0.1, 0.15) is 5.56 Å². The number of rotatable bonds is 1. The third-order valence-electron chi connectivity index (χ3n) is 3.03. The quantitative estimate of drug-likeness (QED) is 0.704. The van der Waals surface area contributed by atoms with Crippen molar-refractivity contribution in [3.8, 4) is 11.5 Å². The molecule has 0 aliphatic rings. The lowest BCUT2D eigenvalue weighted by atomic mass is 10.2. The first-order valence-corrected chi connectivity index (χ1v) is 5.67. The van der Waals surface area contributed by atoms with E-state index in [0.717, 1.165) is 16.9 Å². The highest BCUT2D eigenvalue weighted by Crippen LogP contribution is 2.26. The molecule has 0 bridgehead atoms. The molecule has 90 valence electrons. The normalized spacial score (nSPS) is 11.0. The standard InChI is InChI=1S/C13H13N5/c1-8-4-3-5-9-11(8)18(2)13(17-9)10-12(14)16-7-6-15-10/h3-7H,1-2H3,(H2,14,16). The van der Waals surface area contributed by atoms with Crippen LogP contribution in [0.15, 0.2) is 30.6 Å². The zero-order valence-corrected chi connectivity index (χ0v) is 10.3. The number of nitrogen functional groups attached to an aromatic ring is 1. The molecule has 3 rings (SSSR count). The number of benzene rings is 1. The summed E-state index contributed by atoms with van der Waals surface area (Å²) in [5.74, 6) is 1.14. The number of imidazole rings is 1. The number of fused-ring (bicyclic) bond motifs is 1. The molecule has 0 spiro atoms. The topological polar surface area (TPSA) is 69.6 Å². The van der Waals surface area contributed by atoms with Gasteiger partial charge in [-0.05, 0) is 18.6 Å². The maximum Gasteiger partial charge on any atom is 0.163 e. The molecule has 0 aliphatic heterocycles. The molecule has 0 amide bonds. The Morgan fingerprint density at radius 2 is 1.94 bits per heavy atom. The van der Waals surface area contributed by atoms with E-state index in [1.54, 1.807) is 12.4 Å². The summed E-state index contributed by atoms with van der Waals surface area (Å²) in [4.78, 5) is 12.9. The van der Waals surface area contributed by atoms with E-state index >= 15 is 0 Å². The van der Waals surface area contributed by atoms with Crippen molar-refractivity contribution in [2.45, 2.75) is 6.92 Å². The predicted octanol–water partition coefficient (Wildman–Crippen LogP) is 1.92. The maximum atomic E-state index is 5.85. The van der Waals surface area contributed by atoms with Gasteiger partial charge in [0.1, 0.15) is 5.69 Å². The van der Waals surface area contributed by atoms with Crippen LogP contribution in [0.3, 0.4) is 0 Å². The smallest absolute Gasteiger partial charge is 0.163 e. The van der Waals surface area contributed by atoms with Crippen LogP contribution in [0.4, 0.5) is 5.82 Å². The molecule has 1 aromatic carbocycles. The first kappa shape index (κ1) is 10.7. The summed E-state index contributed by atoms with van der Waals surface area (Å²) in [5, 5.41) is 0. The van der Waals surface area contributed by atoms with Gasteiger partial charge in [-0.25, -0.2) is 15.0 Å². The molecule has 0 saturated carbocycles. The van der Waals surface area contributed by atoms with Gasteiger partial charge in [0, 0.05) is 19.4 Å². The second-order valence-electron chi connectivity index (χ2n) is 4.23. The van der Waals surface area contributed by atoms with Gasteiger partial charge in [-0.1, -0.05) is 12.1 Å². The van der Waals surface area contributed by atoms with Gasteiger partial charge in [0.05, 0.1) is 11.0 Å². The maximum absolute atomic E-state index is 5.85. The first-order valence-electron chi connectivity index (χ1n) is 5.67. The lowest BCUT2D eigenvalue weighted by Crippen LogP contribution is -2.01. The summed E-state index contributed by atoms with van der Waals surface area (Å²) in [6, 6.07) is 6.04. The van der Waals surface area contributed by atoms with Gasteiger partial charge in [0.25, 0.3) is 0 Å². The second kappa shape index (κ2) is 3.80. The lowest BCUT2D eigenvalue weighted by Gasteiger charge is -2.04. The summed E-state index contributed by atoms with van der Waals surface area (Å²) >= 11 is 0. The predicted molar refractivity (Wildman–Crippen MR) is 70.9 cm³/mol. The van der Waals surface area contributed by atoms with Crippen LogP contribution in [0, 0.1) is 6.92 Å². The van der Waals surface area contributed by atoms with Crippen LogP contribution in [0.2, 0.25) is 0 Å². The van der Waals surface area contributed by atoms with Crippen LogP contribution in [0.5, 0.6) is 0 Å². The molecule has 2 aromatic heterocycles. The van der Waals surface area contributed by atoms with Crippen molar-refractivity contribution in [2.75, 3.05) is 5.73 Å². The van der Waals surface area contributed by atoms with E-state index in [0.29, 0.717) is 11.5 Å². The number of nitrogens with zero attached hydrogens (tertiary/aromatic N) is 4. The average Bonchev–Trinajstić information content (AvgIpc) is 2.69. The van der Waals surface area contributed by atoms with Gasteiger partial charge >= 0.3 is 0 Å². The molecule has 5 heteroatoms. The highest BCUT2D eigenvalue weighted by Gasteiger charge is 2.14. The van der Waals surface area contributed by atoms with Crippen molar-refractivity contribution in [3.63, 3.8) is 0 Å². The van der Waals surface area contributed by atoms with Gasteiger partial charge in [0.15, 0.2) is 11.6 Å². The summed E-state index contributed by atoms with van der Waals surface area (Å²) in [6.45, 7) is 2.06. The minimum Gasteiger partial charge on any atom is -0.382 e. The number of aromatic nitrogens is 4. The Morgan fingerprint density at radius 1 is 1.17 bits per heavy atom. The van der Waals surface area contributed by atoms with Gasteiger partial charge in [0.2, 0.25) is 0 Å². The van der Waals surface area contributed by atoms with Crippen molar-refractivity contribution < 1.29 is 0 Å². The number of nitrogens with two attached hydrogens (primary N) is 1. The number of para-hydroxylation sites is 1. The van der Waals surface area contributed by atoms with Gasteiger partial charge in [-0.3, -0.25) is 0 Å². The molecule has 0 radical (unpaired) electrons. The van der Waals surface area contributed by atoms with Gasteiger partial charge < -0.3 is 10.3 Å². The third kappa shape index (κ3) is 1.44. The third-order valence-corrected chi connectivity index (χ3v) is 3.03. The van der Waals surface area contributed by atoms with E-state index in [9.17, 15) is 0 Å². The monoisotopic (exact) mass is 239 g/mol. The number of hydrogen-bond acceptors (Lipinski definition) is 4. The average molecular weight is 239 g/mol. The van der Waals surface area contributed by atoms with Crippen LogP contribution in [-0.4, -0.2) is 19.5 Å². The highest BCUT2D eigenvalue weighted by atomic mass is 15.1. The Hall–Kier alpha value is -2.43. The molecule has 18 heavy (non-hydrogen) atoms. The SMILES string of the molecule is Cc1cccc2nc(-c3nccnc3N)n(C)c12. The number of anilines is 1. The first-order chi connectivity index (χ1) is 8.68. The molecule has 3 aromatic rings. The van der Waals surface area contributed by atoms with Gasteiger partial charge in [-0.15, -0.1) is 0 Å². The fourth-order valence-corrected chi connectivity index (χ4v) is 2.20. The summed E-state index contributed by atoms with van der Waals surface area (Å²) in [7, 11) is 1.96. The zero-order chi connectivity index (χ0) is 12.7. The van der Waals surface area contributed by atoms with E-state index < -0.39 is 0 Å². The lowest BCUT2D eigenvalue weighted by molar-refractivity contribution is 0.944. The largest absolute Gasteiger partial charge is 0.382 e. The molecular weight excluding hydrogens is 226 g/mol. The molecule has 0 unspecified atom stereocenters. The fourth-order valence-electron chi connectivity index (χ4n) is 2.20. The van der Waals surface area contributed by atoms with E-state index in [-0.39, 0.29) is 0 Å². The molecule has 0 atom stereocenters. The highest BCUT2D eigenvalue weighted by molar-refractivity contribution is 5.84. The zero-order valence-electron chi connectivity index (χ0n) is 10.3. The summed E-state index contributed by atoms with van der Waals surface area (Å²) < 4.78 is 2.00. The molecule has 0 aliphatic carbocycles. The Bertz CT molecular complexity index is 729. The summed E-state index contributed by atoms with van der Waals surface area (Å²) in [5.41, 5.74) is 9.69. The molecule has 0 fully saturated rings. The van der Waals surface area contributed by atoms with Crippen LogP contribution in [-0.2, 0) is 7.05 Å². The Balaban J connectivity index is 2.35. The fraction of sp³-hybridized carbons (Fsp3) is 0.154. The summed E-state index contributed by atoms with van der Waals surface area (Å²) in [6.07, 6.45) is 3.20. The van der Waals surface area contributed by atoms with Crippen molar-refractivity contribution in [3.05, 3.63) is 36.2 Å². The Labute approximate surface area is 104 Å². The Morgan fingerprint density at radius 3 is 2.67 bits per heavy atom. The molecule has 0 saturated heterocycles. The number of aryl methyl sites for hydroxylation is 2. The number of hydrogen-bond donors (Lipinski definition) is 1. The van der Waals surface area contributed by atoms with Crippen LogP contribution >= 0.6 is 0 Å². The van der Waals surface area contributed by atoms with Crippen LogP contribution in [0.25, 0.3) is 22.6 Å². The van der Waals surface area contributed by atoms with Crippen molar-refractivity contribution in [2.24, 2.45) is 7.05 Å². The van der Waals surface area contributed by atoms with Crippen molar-refractivity contribution >= 4 is 16.9 Å². The van der Waals surface area contributed by atoms with E-state index in [4.69, 9.17) is 5.73 Å².